The maximum atomic E-state index is 12.0. The van der Waals surface area contributed by atoms with Gasteiger partial charge in [0.1, 0.15) is 6.10 Å². The average Bonchev–Trinajstić information content (AvgIpc) is 2.86. The van der Waals surface area contributed by atoms with Gasteiger partial charge in [0.2, 0.25) is 0 Å². The van der Waals surface area contributed by atoms with Gasteiger partial charge in [-0.2, -0.15) is 0 Å². The van der Waals surface area contributed by atoms with Crippen molar-refractivity contribution in [3.05, 3.63) is 0 Å². The molecule has 0 amide bonds. The standard InChI is InChI=1S/C23H39NO3/c1-14(24)18-9-12-23(26)20-6-5-16-13-17(27-15(2)25)7-10-21(16,3)19(20)8-11-22(18,23)4/h14,16-20,26H,5-13,24H2,1-4H3/t14-,16-,17+,18-,19+,20-,21+,22-,23+/m1/s1. The first kappa shape index (κ1) is 19.7. The van der Waals surface area contributed by atoms with Crippen LogP contribution in [0, 0.1) is 34.5 Å². The van der Waals surface area contributed by atoms with Gasteiger partial charge in [0, 0.05) is 18.4 Å². The third-order valence-electron chi connectivity index (χ3n) is 9.84. The summed E-state index contributed by atoms with van der Waals surface area (Å²) in [6.45, 7) is 8.46. The van der Waals surface area contributed by atoms with Crippen molar-refractivity contribution >= 4 is 5.97 Å². The lowest BCUT2D eigenvalue weighted by Gasteiger charge is -2.64. The van der Waals surface area contributed by atoms with E-state index in [1.165, 1.54) is 13.3 Å². The highest BCUT2D eigenvalue weighted by molar-refractivity contribution is 5.66. The molecule has 4 fully saturated rings. The number of hydrogen-bond acceptors (Lipinski definition) is 4. The second-order valence-corrected chi connectivity index (χ2v) is 10.9. The first-order valence-corrected chi connectivity index (χ1v) is 11.3. The fourth-order valence-corrected chi connectivity index (χ4v) is 8.41. The summed E-state index contributed by atoms with van der Waals surface area (Å²) in [4.78, 5) is 11.4. The Morgan fingerprint density at radius 1 is 1.07 bits per heavy atom. The molecule has 4 saturated carbocycles. The molecule has 0 aliphatic heterocycles. The van der Waals surface area contributed by atoms with Crippen LogP contribution in [0.25, 0.3) is 0 Å². The van der Waals surface area contributed by atoms with Gasteiger partial charge in [-0.3, -0.25) is 4.79 Å². The van der Waals surface area contributed by atoms with Crippen LogP contribution in [0.4, 0.5) is 0 Å². The molecule has 4 heteroatoms. The maximum Gasteiger partial charge on any atom is 0.302 e. The summed E-state index contributed by atoms with van der Waals surface area (Å²) in [5, 5.41) is 12.0. The minimum atomic E-state index is -0.547. The van der Waals surface area contributed by atoms with E-state index in [1.54, 1.807) is 0 Å². The summed E-state index contributed by atoms with van der Waals surface area (Å²) in [6, 6.07) is 0.159. The lowest BCUT2D eigenvalue weighted by Crippen LogP contribution is -2.63. The Kier molecular flexibility index (Phi) is 4.71. The number of carbonyl (C=O) groups is 1. The van der Waals surface area contributed by atoms with Crippen molar-refractivity contribution in [3.8, 4) is 0 Å². The van der Waals surface area contributed by atoms with Gasteiger partial charge in [-0.25, -0.2) is 0 Å². The zero-order chi connectivity index (χ0) is 19.6. The molecule has 9 atom stereocenters. The van der Waals surface area contributed by atoms with Crippen molar-refractivity contribution in [2.45, 2.75) is 103 Å². The Hall–Kier alpha value is -0.610. The molecule has 27 heavy (non-hydrogen) atoms. The Labute approximate surface area is 164 Å². The van der Waals surface area contributed by atoms with Crippen LogP contribution in [0.2, 0.25) is 0 Å². The minimum absolute atomic E-state index is 0.0273. The van der Waals surface area contributed by atoms with Gasteiger partial charge < -0.3 is 15.6 Å². The molecule has 4 aliphatic rings. The smallest absolute Gasteiger partial charge is 0.302 e. The monoisotopic (exact) mass is 377 g/mol. The Balaban J connectivity index is 1.58. The second-order valence-electron chi connectivity index (χ2n) is 10.9. The summed E-state index contributed by atoms with van der Waals surface area (Å²) >= 11 is 0. The summed E-state index contributed by atoms with van der Waals surface area (Å²) in [5.41, 5.74) is 6.06. The predicted octanol–water partition coefficient (Wildman–Crippen LogP) is 4.04. The van der Waals surface area contributed by atoms with E-state index in [1.807, 2.05) is 0 Å². The molecule has 0 spiro atoms. The quantitative estimate of drug-likeness (QED) is 0.713. The van der Waals surface area contributed by atoms with Crippen LogP contribution in [0.15, 0.2) is 0 Å². The molecule has 0 radical (unpaired) electrons. The molecule has 4 rings (SSSR count). The Morgan fingerprint density at radius 3 is 2.48 bits per heavy atom. The van der Waals surface area contributed by atoms with Crippen LogP contribution in [-0.4, -0.2) is 28.8 Å². The SMILES string of the molecule is CC(=O)O[C@H]1CC[C@@]2(C)[C@H](CC[C@@H]3[C@@H]2CC[C@]2(C)[C@@H]([C@@H](C)N)CC[C@]32O)C1. The molecule has 0 aromatic rings. The molecule has 0 bridgehead atoms. The van der Waals surface area contributed by atoms with Crippen LogP contribution in [-0.2, 0) is 9.53 Å². The number of esters is 1. The normalized spacial score (nSPS) is 53.0. The van der Waals surface area contributed by atoms with Crippen molar-refractivity contribution in [2.75, 3.05) is 0 Å². The van der Waals surface area contributed by atoms with Crippen molar-refractivity contribution in [1.29, 1.82) is 0 Å². The van der Waals surface area contributed by atoms with Crippen molar-refractivity contribution in [2.24, 2.45) is 40.2 Å². The highest BCUT2D eigenvalue weighted by atomic mass is 16.5. The topological polar surface area (TPSA) is 72.5 Å². The molecule has 0 aromatic carbocycles. The summed E-state index contributed by atoms with van der Waals surface area (Å²) in [7, 11) is 0. The van der Waals surface area contributed by atoms with E-state index in [2.05, 4.69) is 20.8 Å². The predicted molar refractivity (Wildman–Crippen MR) is 106 cm³/mol. The van der Waals surface area contributed by atoms with E-state index in [4.69, 9.17) is 10.5 Å². The van der Waals surface area contributed by atoms with Gasteiger partial charge in [-0.15, -0.1) is 0 Å². The number of fused-ring (bicyclic) bond motifs is 5. The number of hydrogen-bond donors (Lipinski definition) is 2. The summed E-state index contributed by atoms with van der Waals surface area (Å²) in [6.07, 6.45) is 9.82. The maximum absolute atomic E-state index is 12.0. The molecular weight excluding hydrogens is 338 g/mol. The second kappa shape index (κ2) is 6.45. The zero-order valence-corrected chi connectivity index (χ0v) is 17.7. The number of rotatable bonds is 2. The molecule has 3 N–H and O–H groups in total. The highest BCUT2D eigenvalue weighted by Gasteiger charge is 2.67. The van der Waals surface area contributed by atoms with Gasteiger partial charge in [-0.05, 0) is 93.8 Å². The van der Waals surface area contributed by atoms with Crippen molar-refractivity contribution in [3.63, 3.8) is 0 Å². The first-order chi connectivity index (χ1) is 12.6. The number of aliphatic hydroxyl groups is 1. The van der Waals surface area contributed by atoms with Gasteiger partial charge in [0.25, 0.3) is 0 Å². The largest absolute Gasteiger partial charge is 0.463 e. The minimum Gasteiger partial charge on any atom is -0.463 e. The summed E-state index contributed by atoms with van der Waals surface area (Å²) < 4.78 is 5.56. The molecule has 0 saturated heterocycles. The van der Waals surface area contributed by atoms with Gasteiger partial charge in [0.05, 0.1) is 5.60 Å². The third kappa shape index (κ3) is 2.73. The van der Waals surface area contributed by atoms with Crippen molar-refractivity contribution < 1.29 is 14.6 Å². The van der Waals surface area contributed by atoms with Crippen LogP contribution in [0.3, 0.4) is 0 Å². The van der Waals surface area contributed by atoms with E-state index in [9.17, 15) is 9.90 Å². The molecule has 0 unspecified atom stereocenters. The van der Waals surface area contributed by atoms with Gasteiger partial charge >= 0.3 is 5.97 Å². The molecule has 154 valence electrons. The number of carbonyl (C=O) groups excluding carboxylic acids is 1. The van der Waals surface area contributed by atoms with Crippen LogP contribution >= 0.6 is 0 Å². The van der Waals surface area contributed by atoms with E-state index in [0.717, 1.165) is 51.4 Å². The average molecular weight is 378 g/mol. The van der Waals surface area contributed by atoms with E-state index < -0.39 is 5.60 Å². The Morgan fingerprint density at radius 2 is 1.81 bits per heavy atom. The number of nitrogens with two attached hydrogens (primary N) is 1. The Bertz CT molecular complexity index is 606. The van der Waals surface area contributed by atoms with Crippen molar-refractivity contribution in [1.82, 2.24) is 0 Å². The van der Waals surface area contributed by atoms with E-state index in [-0.39, 0.29) is 28.9 Å². The van der Waals surface area contributed by atoms with E-state index in [0.29, 0.717) is 23.7 Å². The van der Waals surface area contributed by atoms with Gasteiger partial charge in [-0.1, -0.05) is 13.8 Å². The zero-order valence-electron chi connectivity index (χ0n) is 17.7. The molecule has 4 nitrogen and oxygen atoms in total. The van der Waals surface area contributed by atoms with Crippen LogP contribution in [0.5, 0.6) is 0 Å². The molecule has 0 aromatic heterocycles. The highest BCUT2D eigenvalue weighted by Crippen LogP contribution is 2.69. The fraction of sp³-hybridized carbons (Fsp3) is 0.957. The first-order valence-electron chi connectivity index (χ1n) is 11.3. The fourth-order valence-electron chi connectivity index (χ4n) is 8.41. The van der Waals surface area contributed by atoms with Gasteiger partial charge in [0.15, 0.2) is 0 Å². The molecule has 4 aliphatic carbocycles. The molecular formula is C23H39NO3. The van der Waals surface area contributed by atoms with Crippen LogP contribution in [0.1, 0.15) is 85.5 Å². The lowest BCUT2D eigenvalue weighted by molar-refractivity contribution is -0.212. The lowest BCUT2D eigenvalue weighted by atomic mass is 9.43. The van der Waals surface area contributed by atoms with E-state index >= 15 is 0 Å². The molecule has 0 heterocycles. The number of ether oxygens (including phenoxy) is 1. The third-order valence-corrected chi connectivity index (χ3v) is 9.84. The summed E-state index contributed by atoms with van der Waals surface area (Å²) in [5.74, 6) is 1.92. The van der Waals surface area contributed by atoms with Crippen LogP contribution < -0.4 is 5.73 Å².